The molecule has 3 N–H and O–H groups in total. The molecule has 122 valence electrons. The summed E-state index contributed by atoms with van der Waals surface area (Å²) in [4.78, 5) is 33.8. The van der Waals surface area contributed by atoms with Crippen LogP contribution in [0.5, 0.6) is 0 Å². The topological polar surface area (TPSA) is 116 Å². The first-order valence-electron chi connectivity index (χ1n) is 7.04. The van der Waals surface area contributed by atoms with Gasteiger partial charge < -0.3 is 20.3 Å². The molecule has 0 saturated carbocycles. The van der Waals surface area contributed by atoms with Gasteiger partial charge in [-0.3, -0.25) is 14.4 Å². The van der Waals surface area contributed by atoms with E-state index in [1.165, 1.54) is 6.92 Å². The highest BCUT2D eigenvalue weighted by molar-refractivity contribution is 5.77. The Kier molecular flexibility index (Phi) is 8.61. The number of hydrogen-bond acceptors (Lipinski definition) is 6. The number of carbonyl (C=O) groups excluding carboxylic acids is 2. The number of aliphatic carboxylic acids is 1. The molecule has 0 heterocycles. The molecule has 0 bridgehead atoms. The normalized spacial score (nSPS) is 15.1. The van der Waals surface area contributed by atoms with Gasteiger partial charge in [0.1, 0.15) is 6.04 Å². The summed E-state index contributed by atoms with van der Waals surface area (Å²) >= 11 is 0. The van der Waals surface area contributed by atoms with Gasteiger partial charge in [-0.15, -0.1) is 0 Å². The Labute approximate surface area is 124 Å². The van der Waals surface area contributed by atoms with Crippen LogP contribution in [-0.4, -0.2) is 35.3 Å². The molecule has 3 unspecified atom stereocenters. The van der Waals surface area contributed by atoms with Crippen LogP contribution in [0.1, 0.15) is 47.0 Å². The van der Waals surface area contributed by atoms with Gasteiger partial charge in [-0.1, -0.05) is 20.8 Å². The zero-order valence-electron chi connectivity index (χ0n) is 13.0. The smallest absolute Gasteiger partial charge is 0.326 e. The summed E-state index contributed by atoms with van der Waals surface area (Å²) in [6.07, 6.45) is -0.591. The Morgan fingerprint density at radius 1 is 1.14 bits per heavy atom. The van der Waals surface area contributed by atoms with E-state index < -0.39 is 36.2 Å². The first-order chi connectivity index (χ1) is 9.67. The molecule has 21 heavy (non-hydrogen) atoms. The van der Waals surface area contributed by atoms with Crippen LogP contribution < -0.4 is 5.73 Å². The summed E-state index contributed by atoms with van der Waals surface area (Å²) in [5, 5.41) is 8.88. The monoisotopic (exact) mass is 303 g/mol. The van der Waals surface area contributed by atoms with Gasteiger partial charge in [-0.05, 0) is 18.3 Å². The predicted molar refractivity (Wildman–Crippen MR) is 75.1 cm³/mol. The van der Waals surface area contributed by atoms with E-state index in [-0.39, 0.29) is 18.8 Å². The molecule has 0 aliphatic heterocycles. The van der Waals surface area contributed by atoms with Crippen molar-refractivity contribution in [1.82, 2.24) is 0 Å². The van der Waals surface area contributed by atoms with Crippen molar-refractivity contribution in [2.45, 2.75) is 59.3 Å². The van der Waals surface area contributed by atoms with E-state index in [1.54, 1.807) is 6.92 Å². The minimum atomic E-state index is -1.06. The van der Waals surface area contributed by atoms with E-state index in [9.17, 15) is 14.4 Å². The highest BCUT2D eigenvalue weighted by atomic mass is 16.7. The molecular weight excluding hydrogens is 278 g/mol. The van der Waals surface area contributed by atoms with Crippen molar-refractivity contribution in [2.75, 3.05) is 0 Å². The first kappa shape index (κ1) is 19.4. The van der Waals surface area contributed by atoms with E-state index in [0.29, 0.717) is 6.42 Å². The summed E-state index contributed by atoms with van der Waals surface area (Å²) in [7, 11) is 0. The fourth-order valence-electron chi connectivity index (χ4n) is 1.91. The third kappa shape index (κ3) is 8.29. The second-order valence-corrected chi connectivity index (χ2v) is 5.36. The lowest BCUT2D eigenvalue weighted by molar-refractivity contribution is -0.186. The number of carboxylic acid groups (broad SMARTS) is 1. The van der Waals surface area contributed by atoms with Gasteiger partial charge in [0.2, 0.25) is 6.29 Å². The molecule has 0 spiro atoms. The molecule has 0 rings (SSSR count). The lowest BCUT2D eigenvalue weighted by atomic mass is 9.88. The van der Waals surface area contributed by atoms with Crippen molar-refractivity contribution in [3.63, 3.8) is 0 Å². The van der Waals surface area contributed by atoms with Crippen molar-refractivity contribution in [1.29, 1.82) is 0 Å². The van der Waals surface area contributed by atoms with Crippen molar-refractivity contribution in [3.05, 3.63) is 0 Å². The molecule has 0 aromatic heterocycles. The Morgan fingerprint density at radius 3 is 2.14 bits per heavy atom. The van der Waals surface area contributed by atoms with Crippen LogP contribution in [0, 0.1) is 11.8 Å². The highest BCUT2D eigenvalue weighted by Gasteiger charge is 2.30. The number of ether oxygens (including phenoxy) is 2. The molecule has 0 aromatic carbocycles. The van der Waals surface area contributed by atoms with Gasteiger partial charge >= 0.3 is 17.9 Å². The van der Waals surface area contributed by atoms with E-state index in [2.05, 4.69) is 0 Å². The zero-order chi connectivity index (χ0) is 16.6. The maximum Gasteiger partial charge on any atom is 0.326 e. The summed E-state index contributed by atoms with van der Waals surface area (Å²) in [5.41, 5.74) is 5.79. The molecule has 0 amide bonds. The molecule has 0 saturated heterocycles. The van der Waals surface area contributed by atoms with Crippen LogP contribution in [-0.2, 0) is 23.9 Å². The second-order valence-electron chi connectivity index (χ2n) is 5.36. The van der Waals surface area contributed by atoms with Gasteiger partial charge in [-0.25, -0.2) is 0 Å². The number of carbonyl (C=O) groups is 3. The minimum absolute atomic E-state index is 0.170. The highest BCUT2D eigenvalue weighted by Crippen LogP contribution is 2.19. The number of carboxylic acids is 1. The number of rotatable bonds is 9. The summed E-state index contributed by atoms with van der Waals surface area (Å²) in [6, 6.07) is -1.06. The molecule has 0 radical (unpaired) electrons. The van der Waals surface area contributed by atoms with E-state index >= 15 is 0 Å². The SMILES string of the molecule is CCC(=O)OC(C)OC(=O)C(N)C(CC(=O)O)CC(C)C. The second kappa shape index (κ2) is 9.33. The van der Waals surface area contributed by atoms with Gasteiger partial charge in [0.25, 0.3) is 0 Å². The number of hydrogen-bond donors (Lipinski definition) is 2. The molecule has 3 atom stereocenters. The molecular formula is C14H25NO6. The fraction of sp³-hybridized carbons (Fsp3) is 0.786. The van der Waals surface area contributed by atoms with E-state index in [0.717, 1.165) is 0 Å². The lowest BCUT2D eigenvalue weighted by Crippen LogP contribution is -2.42. The Morgan fingerprint density at radius 2 is 1.71 bits per heavy atom. The fourth-order valence-corrected chi connectivity index (χ4v) is 1.91. The van der Waals surface area contributed by atoms with Crippen LogP contribution in [0.4, 0.5) is 0 Å². The van der Waals surface area contributed by atoms with Gasteiger partial charge in [0, 0.05) is 13.3 Å². The summed E-state index contributed by atoms with van der Waals surface area (Å²) in [6.45, 7) is 6.86. The molecule has 7 heteroatoms. The number of esters is 2. The molecule has 0 aromatic rings. The van der Waals surface area contributed by atoms with Crippen molar-refractivity contribution in [2.24, 2.45) is 17.6 Å². The molecule has 0 fully saturated rings. The third-order valence-corrected chi connectivity index (χ3v) is 2.86. The zero-order valence-corrected chi connectivity index (χ0v) is 13.0. The maximum absolute atomic E-state index is 11.9. The standard InChI is InChI=1S/C14H25NO6/c1-5-12(18)20-9(4)21-14(19)13(15)10(6-8(2)3)7-11(16)17/h8-10,13H,5-7,15H2,1-4H3,(H,16,17). The molecule has 0 aliphatic rings. The van der Waals surface area contributed by atoms with Crippen molar-refractivity contribution < 1.29 is 29.0 Å². The molecule has 7 nitrogen and oxygen atoms in total. The van der Waals surface area contributed by atoms with Crippen molar-refractivity contribution >= 4 is 17.9 Å². The van der Waals surface area contributed by atoms with Crippen LogP contribution >= 0.6 is 0 Å². The summed E-state index contributed by atoms with van der Waals surface area (Å²) < 4.78 is 9.74. The summed E-state index contributed by atoms with van der Waals surface area (Å²) in [5.74, 6) is -2.60. The average molecular weight is 303 g/mol. The Bertz CT molecular complexity index is 368. The van der Waals surface area contributed by atoms with Crippen LogP contribution in [0.3, 0.4) is 0 Å². The van der Waals surface area contributed by atoms with Crippen molar-refractivity contribution in [3.8, 4) is 0 Å². The van der Waals surface area contributed by atoms with Gasteiger partial charge in [-0.2, -0.15) is 0 Å². The van der Waals surface area contributed by atoms with Gasteiger partial charge in [0.15, 0.2) is 0 Å². The average Bonchev–Trinajstić information content (AvgIpc) is 2.35. The predicted octanol–water partition coefficient (Wildman–Crippen LogP) is 1.29. The third-order valence-electron chi connectivity index (χ3n) is 2.86. The first-order valence-corrected chi connectivity index (χ1v) is 7.04. The van der Waals surface area contributed by atoms with Gasteiger partial charge in [0.05, 0.1) is 6.42 Å². The Balaban J connectivity index is 4.60. The van der Waals surface area contributed by atoms with Crippen LogP contribution in [0.15, 0.2) is 0 Å². The lowest BCUT2D eigenvalue weighted by Gasteiger charge is -2.24. The molecule has 0 aliphatic carbocycles. The number of nitrogens with two attached hydrogens (primary N) is 1. The maximum atomic E-state index is 11.9. The largest absolute Gasteiger partial charge is 0.481 e. The van der Waals surface area contributed by atoms with E-state index in [4.69, 9.17) is 20.3 Å². The van der Waals surface area contributed by atoms with E-state index in [1.807, 2.05) is 13.8 Å². The quantitative estimate of drug-likeness (QED) is 0.487. The minimum Gasteiger partial charge on any atom is -0.481 e. The van der Waals surface area contributed by atoms with Crippen LogP contribution in [0.25, 0.3) is 0 Å². The van der Waals surface area contributed by atoms with Crippen LogP contribution in [0.2, 0.25) is 0 Å². The Hall–Kier alpha value is -1.63.